The first-order valence-electron chi connectivity index (χ1n) is 12.6. The van der Waals surface area contributed by atoms with Crippen molar-refractivity contribution < 1.29 is 87.8 Å². The molecule has 4 aromatic carbocycles. The molecule has 0 aliphatic carbocycles. The van der Waals surface area contributed by atoms with Gasteiger partial charge in [0.2, 0.25) is 110 Å². The van der Waals surface area contributed by atoms with Crippen LogP contribution < -0.4 is 4.48 Å². The normalized spacial score (nSPS) is 12.0. The van der Waals surface area contributed by atoms with Crippen LogP contribution in [0.25, 0.3) is 0 Å². The quantitative estimate of drug-likeness (QED) is 0.0555. The predicted molar refractivity (Wildman–Crippen MR) is 124 cm³/mol. The summed E-state index contributed by atoms with van der Waals surface area (Å²) in [6.07, 6.45) is -4.31. The molecule has 0 unspecified atom stereocenters. The molecule has 0 spiro atoms. The SMILES string of the molecule is Fc1c(F)c(F)c(CCCC[N+](c2c(F)c(F)c(F)c(F)c2F)(c2c(F)c(F)c(F)c(F)c2F)c2c(F)c(F)c(F)c(F)c2F)c(F)c1F. The standard InChI is InChI=1S/C28H8F20N/c29-6-5(7(30)9(32)10(33)8(6)31)3-1-2-4-49(26-20(43)14(37)11(34)15(38)21(26)44,27-22(45)16(39)12(35)17(40)23(27)46)28-24(47)18(41)13(36)19(42)25(28)48/h1-4H2/q+1. The smallest absolute Gasteiger partial charge is 0.211 e. The van der Waals surface area contributed by atoms with Crippen LogP contribution in [0.4, 0.5) is 105 Å². The monoisotopic (exact) mass is 738 g/mol. The summed E-state index contributed by atoms with van der Waals surface area (Å²) in [5, 5.41) is 0. The zero-order valence-electron chi connectivity index (χ0n) is 22.8. The van der Waals surface area contributed by atoms with E-state index in [1.807, 2.05) is 0 Å². The summed E-state index contributed by atoms with van der Waals surface area (Å²) in [5.41, 5.74) is -10.8. The van der Waals surface area contributed by atoms with Gasteiger partial charge in [0.05, 0.1) is 6.54 Å². The van der Waals surface area contributed by atoms with Crippen molar-refractivity contribution in [3.63, 3.8) is 0 Å². The lowest BCUT2D eigenvalue weighted by Crippen LogP contribution is -2.46. The van der Waals surface area contributed by atoms with Gasteiger partial charge in [0.15, 0.2) is 23.3 Å². The van der Waals surface area contributed by atoms with Gasteiger partial charge in [-0.05, 0) is 19.3 Å². The van der Waals surface area contributed by atoms with Crippen LogP contribution in [-0.4, -0.2) is 6.54 Å². The van der Waals surface area contributed by atoms with Crippen LogP contribution in [-0.2, 0) is 6.42 Å². The first-order chi connectivity index (χ1) is 22.7. The summed E-state index contributed by atoms with van der Waals surface area (Å²) >= 11 is 0. The summed E-state index contributed by atoms with van der Waals surface area (Å²) in [6.45, 7) is -2.29. The summed E-state index contributed by atoms with van der Waals surface area (Å²) in [7, 11) is 0. The van der Waals surface area contributed by atoms with Crippen LogP contribution in [0.2, 0.25) is 0 Å². The van der Waals surface area contributed by atoms with E-state index in [1.54, 1.807) is 0 Å². The van der Waals surface area contributed by atoms with Crippen molar-refractivity contribution in [1.82, 2.24) is 4.48 Å². The summed E-state index contributed by atoms with van der Waals surface area (Å²) < 4.78 is 286. The van der Waals surface area contributed by atoms with Crippen molar-refractivity contribution in [2.45, 2.75) is 19.3 Å². The molecule has 0 fully saturated rings. The van der Waals surface area contributed by atoms with Gasteiger partial charge >= 0.3 is 0 Å². The average Bonchev–Trinajstić information content (AvgIpc) is 3.07. The third-order valence-electron chi connectivity index (χ3n) is 7.18. The molecular weight excluding hydrogens is 730 g/mol. The van der Waals surface area contributed by atoms with Crippen LogP contribution in [0.15, 0.2) is 0 Å². The van der Waals surface area contributed by atoms with Gasteiger partial charge in [-0.1, -0.05) is 0 Å². The van der Waals surface area contributed by atoms with Crippen LogP contribution >= 0.6 is 0 Å². The Kier molecular flexibility index (Phi) is 9.92. The highest BCUT2D eigenvalue weighted by molar-refractivity contribution is 5.74. The maximum absolute atomic E-state index is 15.4. The van der Waals surface area contributed by atoms with E-state index >= 15 is 26.3 Å². The molecule has 0 saturated carbocycles. The number of hydrogen-bond donors (Lipinski definition) is 0. The highest BCUT2D eigenvalue weighted by Crippen LogP contribution is 2.53. The molecule has 0 saturated heterocycles. The number of unbranched alkanes of at least 4 members (excludes halogenated alkanes) is 1. The molecule has 4 rings (SSSR count). The molecule has 0 bridgehead atoms. The van der Waals surface area contributed by atoms with Crippen molar-refractivity contribution in [3.05, 3.63) is 122 Å². The van der Waals surface area contributed by atoms with Crippen molar-refractivity contribution in [1.29, 1.82) is 0 Å². The number of benzene rings is 4. The number of quaternary nitrogens is 1. The molecule has 49 heavy (non-hydrogen) atoms. The Balaban J connectivity index is 2.19. The minimum Gasteiger partial charge on any atom is -0.211 e. The molecule has 0 aromatic heterocycles. The Labute approximate surface area is 257 Å². The Morgan fingerprint density at radius 1 is 0.245 bits per heavy atom. The number of halogens is 20. The lowest BCUT2D eigenvalue weighted by Gasteiger charge is -2.38. The van der Waals surface area contributed by atoms with E-state index in [0.29, 0.717) is 0 Å². The Morgan fingerprint density at radius 3 is 0.694 bits per heavy atom. The van der Waals surface area contributed by atoms with E-state index < -0.39 is 169 Å². The first-order valence-corrected chi connectivity index (χ1v) is 12.6. The lowest BCUT2D eigenvalue weighted by atomic mass is 10.0. The second-order valence-corrected chi connectivity index (χ2v) is 9.79. The molecular formula is C28H8F20N+. The molecule has 21 heteroatoms. The predicted octanol–water partition coefficient (Wildman–Crippen LogP) is 10.5. The Hall–Kier alpha value is -4.56. The maximum Gasteiger partial charge on any atom is 0.226 e. The van der Waals surface area contributed by atoms with E-state index in [-0.39, 0.29) is 0 Å². The molecule has 0 aliphatic rings. The van der Waals surface area contributed by atoms with E-state index in [2.05, 4.69) is 0 Å². The van der Waals surface area contributed by atoms with E-state index in [4.69, 9.17) is 0 Å². The second kappa shape index (κ2) is 13.0. The van der Waals surface area contributed by atoms with Crippen molar-refractivity contribution in [2.24, 2.45) is 0 Å². The van der Waals surface area contributed by atoms with Crippen molar-refractivity contribution >= 4 is 17.1 Å². The third kappa shape index (κ3) is 5.41. The van der Waals surface area contributed by atoms with Gasteiger partial charge in [-0.3, -0.25) is 0 Å². The molecule has 0 aliphatic heterocycles. The van der Waals surface area contributed by atoms with E-state index in [1.165, 1.54) is 0 Å². The van der Waals surface area contributed by atoms with Crippen molar-refractivity contribution in [2.75, 3.05) is 6.54 Å². The minimum absolute atomic E-state index is 1.29. The molecule has 0 radical (unpaired) electrons. The molecule has 0 atom stereocenters. The van der Waals surface area contributed by atoms with E-state index in [0.717, 1.165) is 0 Å². The van der Waals surface area contributed by atoms with Gasteiger partial charge < -0.3 is 0 Å². The fraction of sp³-hybridized carbons (Fsp3) is 0.143. The minimum atomic E-state index is -3.81. The lowest BCUT2D eigenvalue weighted by molar-refractivity contribution is 0.311. The Morgan fingerprint density at radius 2 is 0.449 bits per heavy atom. The van der Waals surface area contributed by atoms with Crippen LogP contribution in [0, 0.1) is 116 Å². The van der Waals surface area contributed by atoms with E-state index in [9.17, 15) is 61.5 Å². The van der Waals surface area contributed by atoms with Gasteiger partial charge in [-0.2, -0.15) is 26.3 Å². The van der Waals surface area contributed by atoms with Gasteiger partial charge in [0.25, 0.3) is 0 Å². The summed E-state index contributed by atoms with van der Waals surface area (Å²) in [5.74, 6) is -61.6. The van der Waals surface area contributed by atoms with Gasteiger partial charge in [0, 0.05) is 5.56 Å². The summed E-state index contributed by atoms with van der Waals surface area (Å²) in [4.78, 5) is 0. The molecule has 4 aromatic rings. The molecule has 0 heterocycles. The number of nitrogens with zero attached hydrogens (tertiary/aromatic N) is 1. The summed E-state index contributed by atoms with van der Waals surface area (Å²) in [6, 6.07) is 0. The zero-order chi connectivity index (χ0) is 37.2. The molecule has 0 N–H and O–H groups in total. The number of rotatable bonds is 8. The zero-order valence-corrected chi connectivity index (χ0v) is 22.8. The van der Waals surface area contributed by atoms with Gasteiger partial charge in [-0.15, -0.1) is 0 Å². The third-order valence-corrected chi connectivity index (χ3v) is 7.18. The van der Waals surface area contributed by atoms with Gasteiger partial charge in [0.1, 0.15) is 0 Å². The van der Waals surface area contributed by atoms with Crippen molar-refractivity contribution in [3.8, 4) is 0 Å². The van der Waals surface area contributed by atoms with Gasteiger partial charge in [-0.25, -0.2) is 65.9 Å². The highest BCUT2D eigenvalue weighted by Gasteiger charge is 2.55. The van der Waals surface area contributed by atoms with Crippen LogP contribution in [0.1, 0.15) is 18.4 Å². The average molecular weight is 738 g/mol. The molecule has 1 nitrogen and oxygen atoms in total. The van der Waals surface area contributed by atoms with Crippen LogP contribution in [0.5, 0.6) is 0 Å². The van der Waals surface area contributed by atoms with Crippen LogP contribution in [0.3, 0.4) is 0 Å². The second-order valence-electron chi connectivity index (χ2n) is 9.79. The molecule has 0 amide bonds. The maximum atomic E-state index is 15.4. The molecule has 264 valence electrons. The fourth-order valence-electron chi connectivity index (χ4n) is 4.98. The first kappa shape index (κ1) is 37.3. The highest BCUT2D eigenvalue weighted by atomic mass is 19.2. The fourth-order valence-corrected chi connectivity index (χ4v) is 4.98. The topological polar surface area (TPSA) is 0 Å². The largest absolute Gasteiger partial charge is 0.226 e. The number of hydrogen-bond acceptors (Lipinski definition) is 0. The Bertz CT molecular complexity index is 1760.